The first-order chi connectivity index (χ1) is 7.89. The van der Waals surface area contributed by atoms with Crippen LogP contribution in [0, 0.1) is 0 Å². The number of carbonyl (C=O) groups excluding carboxylic acids is 1. The number of nitrogens with one attached hydrogen (secondary N) is 1. The van der Waals surface area contributed by atoms with Crippen LogP contribution in [0.1, 0.15) is 37.6 Å². The van der Waals surface area contributed by atoms with Gasteiger partial charge in [-0.3, -0.25) is 4.79 Å². The molecule has 0 atom stereocenters. The van der Waals surface area contributed by atoms with E-state index in [1.165, 1.54) is 0 Å². The third-order valence-corrected chi connectivity index (χ3v) is 3.81. The highest BCUT2D eigenvalue weighted by Gasteiger charge is 2.20. The Balaban J connectivity index is 2.96. The molecule has 17 heavy (non-hydrogen) atoms. The summed E-state index contributed by atoms with van der Waals surface area (Å²) in [6.45, 7) is 6.04. The molecule has 1 rings (SSSR count). The molecule has 2 nitrogen and oxygen atoms in total. The molecule has 1 aromatic rings. The highest BCUT2D eigenvalue weighted by atomic mass is 35.5. The summed E-state index contributed by atoms with van der Waals surface area (Å²) in [5.41, 5.74) is 0.329. The van der Waals surface area contributed by atoms with Crippen LogP contribution in [0.3, 0.4) is 0 Å². The Morgan fingerprint density at radius 3 is 2.65 bits per heavy atom. The molecule has 1 amide bonds. The molecule has 0 radical (unpaired) electrons. The fourth-order valence-corrected chi connectivity index (χ4v) is 1.91. The van der Waals surface area contributed by atoms with Crippen molar-refractivity contribution in [2.24, 2.45) is 0 Å². The molecule has 0 aliphatic carbocycles. The zero-order valence-electron chi connectivity index (χ0n) is 10.6. The van der Waals surface area contributed by atoms with Crippen LogP contribution in [0.15, 0.2) is 23.1 Å². The van der Waals surface area contributed by atoms with Crippen LogP contribution in [-0.4, -0.2) is 17.7 Å². The highest BCUT2D eigenvalue weighted by Crippen LogP contribution is 2.23. The van der Waals surface area contributed by atoms with Crippen molar-refractivity contribution < 1.29 is 4.79 Å². The van der Waals surface area contributed by atoms with Crippen molar-refractivity contribution in [3.05, 3.63) is 28.8 Å². The standard InChI is InChI=1S/C13H18ClNOS/c1-5-13(2,3)15-12(16)10-8-9(17-4)6-7-11(10)14/h6-8H,5H2,1-4H3,(H,15,16). The maximum atomic E-state index is 12.1. The molecule has 0 saturated heterocycles. The number of thioether (sulfide) groups is 1. The van der Waals surface area contributed by atoms with E-state index in [1.54, 1.807) is 17.8 Å². The van der Waals surface area contributed by atoms with Gasteiger partial charge in [0.1, 0.15) is 0 Å². The predicted molar refractivity (Wildman–Crippen MR) is 75.1 cm³/mol. The molecule has 0 aliphatic rings. The Morgan fingerprint density at radius 1 is 1.47 bits per heavy atom. The van der Waals surface area contributed by atoms with Crippen molar-refractivity contribution >= 4 is 29.3 Å². The predicted octanol–water partition coefficient (Wildman–Crippen LogP) is 3.98. The summed E-state index contributed by atoms with van der Waals surface area (Å²) in [4.78, 5) is 13.1. The molecule has 0 heterocycles. The summed E-state index contributed by atoms with van der Waals surface area (Å²) in [7, 11) is 0. The quantitative estimate of drug-likeness (QED) is 0.840. The summed E-state index contributed by atoms with van der Waals surface area (Å²) in [6.07, 6.45) is 2.85. The molecule has 0 unspecified atom stereocenters. The first-order valence-electron chi connectivity index (χ1n) is 5.55. The molecule has 1 aromatic carbocycles. The van der Waals surface area contributed by atoms with Gasteiger partial charge in [-0.1, -0.05) is 18.5 Å². The number of hydrogen-bond acceptors (Lipinski definition) is 2. The average Bonchev–Trinajstić information content (AvgIpc) is 2.29. The van der Waals surface area contributed by atoms with Crippen molar-refractivity contribution in [1.82, 2.24) is 5.32 Å². The van der Waals surface area contributed by atoms with E-state index in [9.17, 15) is 4.79 Å². The maximum Gasteiger partial charge on any atom is 0.253 e. The molecule has 4 heteroatoms. The molecule has 94 valence electrons. The monoisotopic (exact) mass is 271 g/mol. The van der Waals surface area contributed by atoms with Crippen molar-refractivity contribution in [3.63, 3.8) is 0 Å². The lowest BCUT2D eigenvalue weighted by Gasteiger charge is -2.24. The number of benzene rings is 1. The molecule has 0 spiro atoms. The minimum Gasteiger partial charge on any atom is -0.347 e. The van der Waals surface area contributed by atoms with E-state index in [1.807, 2.05) is 39.2 Å². The molecular weight excluding hydrogens is 254 g/mol. The zero-order chi connectivity index (χ0) is 13.1. The summed E-state index contributed by atoms with van der Waals surface area (Å²) < 4.78 is 0. The van der Waals surface area contributed by atoms with Crippen molar-refractivity contribution in [3.8, 4) is 0 Å². The second kappa shape index (κ2) is 5.78. The van der Waals surface area contributed by atoms with Gasteiger partial charge >= 0.3 is 0 Å². The normalized spacial score (nSPS) is 11.4. The Kier molecular flexibility index (Phi) is 4.90. The number of rotatable bonds is 4. The fraction of sp³-hybridized carbons (Fsp3) is 0.462. The first-order valence-corrected chi connectivity index (χ1v) is 7.16. The second-order valence-corrected chi connectivity index (χ2v) is 5.82. The van der Waals surface area contributed by atoms with Crippen LogP contribution < -0.4 is 5.32 Å². The number of hydrogen-bond donors (Lipinski definition) is 1. The van der Waals surface area contributed by atoms with Gasteiger partial charge in [-0.05, 0) is 44.7 Å². The Bertz CT molecular complexity index is 418. The van der Waals surface area contributed by atoms with Gasteiger partial charge in [-0.15, -0.1) is 11.8 Å². The minimum atomic E-state index is -0.213. The minimum absolute atomic E-state index is 0.113. The smallest absolute Gasteiger partial charge is 0.253 e. The fourth-order valence-electron chi connectivity index (χ4n) is 1.27. The number of halogens is 1. The first kappa shape index (κ1) is 14.4. The van der Waals surface area contributed by atoms with Gasteiger partial charge in [-0.25, -0.2) is 0 Å². The van der Waals surface area contributed by atoms with Gasteiger partial charge in [0.05, 0.1) is 10.6 Å². The topological polar surface area (TPSA) is 29.1 Å². The SMILES string of the molecule is CCC(C)(C)NC(=O)c1cc(SC)ccc1Cl. The second-order valence-electron chi connectivity index (χ2n) is 4.54. The molecular formula is C13H18ClNOS. The Hall–Kier alpha value is -0.670. The van der Waals surface area contributed by atoms with Crippen molar-refractivity contribution in [2.45, 2.75) is 37.6 Å². The maximum absolute atomic E-state index is 12.1. The molecule has 0 aliphatic heterocycles. The van der Waals surface area contributed by atoms with E-state index >= 15 is 0 Å². The van der Waals surface area contributed by atoms with Crippen molar-refractivity contribution in [1.29, 1.82) is 0 Å². The van der Waals surface area contributed by atoms with E-state index in [0.717, 1.165) is 11.3 Å². The molecule has 0 saturated carbocycles. The van der Waals surface area contributed by atoms with Gasteiger partial charge < -0.3 is 5.32 Å². The van der Waals surface area contributed by atoms with E-state index in [4.69, 9.17) is 11.6 Å². The van der Waals surface area contributed by atoms with Crippen LogP contribution in [-0.2, 0) is 0 Å². The summed E-state index contributed by atoms with van der Waals surface area (Å²) in [5.74, 6) is -0.113. The third kappa shape index (κ3) is 3.93. The number of amides is 1. The molecule has 0 bridgehead atoms. The van der Waals surface area contributed by atoms with Gasteiger partial charge in [0.2, 0.25) is 0 Å². The number of carbonyl (C=O) groups is 1. The Labute approximate surface area is 112 Å². The third-order valence-electron chi connectivity index (χ3n) is 2.75. The van der Waals surface area contributed by atoms with E-state index in [0.29, 0.717) is 10.6 Å². The molecule has 0 aromatic heterocycles. The van der Waals surface area contributed by atoms with Crippen LogP contribution >= 0.6 is 23.4 Å². The van der Waals surface area contributed by atoms with Gasteiger partial charge in [0, 0.05) is 10.4 Å². The summed E-state index contributed by atoms with van der Waals surface area (Å²) in [6, 6.07) is 5.50. The highest BCUT2D eigenvalue weighted by molar-refractivity contribution is 7.98. The van der Waals surface area contributed by atoms with Gasteiger partial charge in [0.15, 0.2) is 0 Å². The molecule has 0 fully saturated rings. The Morgan fingerprint density at radius 2 is 2.12 bits per heavy atom. The van der Waals surface area contributed by atoms with Gasteiger partial charge in [-0.2, -0.15) is 0 Å². The summed E-state index contributed by atoms with van der Waals surface area (Å²) >= 11 is 7.64. The van der Waals surface area contributed by atoms with E-state index < -0.39 is 0 Å². The van der Waals surface area contributed by atoms with Gasteiger partial charge in [0.25, 0.3) is 5.91 Å². The van der Waals surface area contributed by atoms with Crippen LogP contribution in [0.4, 0.5) is 0 Å². The average molecular weight is 272 g/mol. The van der Waals surface area contributed by atoms with Crippen LogP contribution in [0.5, 0.6) is 0 Å². The largest absolute Gasteiger partial charge is 0.347 e. The molecule has 1 N–H and O–H groups in total. The lowest BCUT2D eigenvalue weighted by Crippen LogP contribution is -2.42. The van der Waals surface area contributed by atoms with E-state index in [-0.39, 0.29) is 11.4 Å². The zero-order valence-corrected chi connectivity index (χ0v) is 12.2. The lowest BCUT2D eigenvalue weighted by atomic mass is 10.0. The lowest BCUT2D eigenvalue weighted by molar-refractivity contribution is 0.0911. The van der Waals surface area contributed by atoms with Crippen LogP contribution in [0.2, 0.25) is 5.02 Å². The van der Waals surface area contributed by atoms with E-state index in [2.05, 4.69) is 5.32 Å². The summed E-state index contributed by atoms with van der Waals surface area (Å²) in [5, 5.41) is 3.47. The van der Waals surface area contributed by atoms with Crippen molar-refractivity contribution in [2.75, 3.05) is 6.26 Å². The van der Waals surface area contributed by atoms with Crippen LogP contribution in [0.25, 0.3) is 0 Å².